The number of amides is 2. The van der Waals surface area contributed by atoms with Gasteiger partial charge in [-0.2, -0.15) is 0 Å². The van der Waals surface area contributed by atoms with Crippen LogP contribution in [-0.2, 0) is 14.3 Å². The molecule has 2 aromatic rings. The Balaban J connectivity index is 1.33. The van der Waals surface area contributed by atoms with Gasteiger partial charge in [-0.25, -0.2) is 0 Å². The number of carbonyl (C=O) groups excluding carboxylic acids is 2. The number of morpholine rings is 1. The van der Waals surface area contributed by atoms with Gasteiger partial charge in [0.05, 0.1) is 25.7 Å². The molecule has 0 saturated carbocycles. The minimum atomic E-state index is -0.373. The molecule has 164 valence electrons. The van der Waals surface area contributed by atoms with Crippen molar-refractivity contribution in [2.45, 2.75) is 19.8 Å². The first-order valence-electron chi connectivity index (χ1n) is 10.9. The molecule has 1 atom stereocenters. The maximum Gasteiger partial charge on any atom is 0.229 e. The van der Waals surface area contributed by atoms with Gasteiger partial charge in [0.2, 0.25) is 11.8 Å². The fourth-order valence-electron chi connectivity index (χ4n) is 3.90. The average molecular weight is 424 g/mol. The number of ether oxygens (including phenoxy) is 2. The number of hydrogen-bond donors (Lipinski definition) is 1. The Labute approximate surface area is 182 Å². The van der Waals surface area contributed by atoms with Crippen molar-refractivity contribution in [3.05, 3.63) is 48.5 Å². The lowest BCUT2D eigenvalue weighted by atomic mass is 10.1. The fourth-order valence-corrected chi connectivity index (χ4v) is 3.90. The molecule has 7 heteroatoms. The Morgan fingerprint density at radius 1 is 1.06 bits per heavy atom. The molecule has 1 N–H and O–H groups in total. The van der Waals surface area contributed by atoms with Gasteiger partial charge in [-0.05, 0) is 55.0 Å². The van der Waals surface area contributed by atoms with Crippen LogP contribution in [0.2, 0.25) is 0 Å². The van der Waals surface area contributed by atoms with Gasteiger partial charge in [0, 0.05) is 43.1 Å². The molecule has 2 aliphatic heterocycles. The maximum absolute atomic E-state index is 12.8. The molecule has 0 radical (unpaired) electrons. The normalized spacial score (nSPS) is 18.9. The van der Waals surface area contributed by atoms with Gasteiger partial charge < -0.3 is 24.6 Å². The number of benzene rings is 2. The number of nitrogens with one attached hydrogen (secondary N) is 1. The molecule has 2 aliphatic rings. The molecular weight excluding hydrogens is 394 g/mol. The third kappa shape index (κ3) is 5.17. The predicted octanol–water partition coefficient (Wildman–Crippen LogP) is 3.30. The van der Waals surface area contributed by atoms with E-state index in [4.69, 9.17) is 9.47 Å². The van der Waals surface area contributed by atoms with Gasteiger partial charge >= 0.3 is 0 Å². The lowest BCUT2D eigenvalue weighted by molar-refractivity contribution is -0.122. The Morgan fingerprint density at radius 3 is 2.42 bits per heavy atom. The van der Waals surface area contributed by atoms with Crippen molar-refractivity contribution < 1.29 is 19.1 Å². The number of anilines is 3. The van der Waals surface area contributed by atoms with Gasteiger partial charge in [-0.1, -0.05) is 6.92 Å². The molecule has 7 nitrogen and oxygen atoms in total. The third-order valence-corrected chi connectivity index (χ3v) is 5.63. The van der Waals surface area contributed by atoms with E-state index >= 15 is 0 Å². The molecule has 0 spiro atoms. The highest BCUT2D eigenvalue weighted by molar-refractivity contribution is 6.03. The molecule has 2 aromatic carbocycles. The maximum atomic E-state index is 12.8. The molecule has 2 heterocycles. The lowest BCUT2D eigenvalue weighted by Crippen LogP contribution is -2.36. The highest BCUT2D eigenvalue weighted by Gasteiger charge is 2.35. The van der Waals surface area contributed by atoms with Crippen molar-refractivity contribution in [3.63, 3.8) is 0 Å². The minimum absolute atomic E-state index is 0.0370. The first kappa shape index (κ1) is 21.2. The Kier molecular flexibility index (Phi) is 6.72. The van der Waals surface area contributed by atoms with Crippen molar-refractivity contribution in [1.29, 1.82) is 0 Å². The number of rotatable bonds is 7. The topological polar surface area (TPSA) is 71.1 Å². The van der Waals surface area contributed by atoms with Crippen LogP contribution in [-0.4, -0.2) is 51.3 Å². The largest absolute Gasteiger partial charge is 0.494 e. The standard InChI is InChI=1S/C24H29N3O4/c1-2-13-31-22-9-7-21(8-10-22)27-17-18(16-23(27)28)24(29)25-19-3-5-20(6-4-19)26-11-14-30-15-12-26/h3-10,18H,2,11-17H2,1H3,(H,25,29)/t18-/m1/s1. The van der Waals surface area contributed by atoms with Crippen LogP contribution in [0.15, 0.2) is 48.5 Å². The van der Waals surface area contributed by atoms with E-state index in [2.05, 4.69) is 17.1 Å². The summed E-state index contributed by atoms with van der Waals surface area (Å²) in [7, 11) is 0. The van der Waals surface area contributed by atoms with Gasteiger partial charge in [0.1, 0.15) is 5.75 Å². The Morgan fingerprint density at radius 2 is 1.74 bits per heavy atom. The summed E-state index contributed by atoms with van der Waals surface area (Å²) in [5, 5.41) is 2.96. The Bertz CT molecular complexity index is 892. The number of carbonyl (C=O) groups is 2. The molecular formula is C24H29N3O4. The summed E-state index contributed by atoms with van der Waals surface area (Å²) in [6.07, 6.45) is 1.16. The van der Waals surface area contributed by atoms with Crippen LogP contribution in [0.25, 0.3) is 0 Å². The van der Waals surface area contributed by atoms with E-state index in [1.54, 1.807) is 4.90 Å². The summed E-state index contributed by atoms with van der Waals surface area (Å²) in [4.78, 5) is 29.2. The summed E-state index contributed by atoms with van der Waals surface area (Å²) < 4.78 is 11.0. The van der Waals surface area contributed by atoms with Gasteiger partial charge in [0.15, 0.2) is 0 Å². The van der Waals surface area contributed by atoms with Crippen molar-refractivity contribution in [3.8, 4) is 5.75 Å². The van der Waals surface area contributed by atoms with Crippen molar-refractivity contribution in [2.24, 2.45) is 5.92 Å². The molecule has 0 unspecified atom stereocenters. The molecule has 2 saturated heterocycles. The van der Waals surface area contributed by atoms with Crippen molar-refractivity contribution in [2.75, 3.05) is 54.6 Å². The van der Waals surface area contributed by atoms with Crippen molar-refractivity contribution >= 4 is 28.9 Å². The van der Waals surface area contributed by atoms with Crippen LogP contribution in [0.3, 0.4) is 0 Å². The third-order valence-electron chi connectivity index (χ3n) is 5.63. The van der Waals surface area contributed by atoms with Crippen molar-refractivity contribution in [1.82, 2.24) is 0 Å². The molecule has 0 bridgehead atoms. The second-order valence-corrected chi connectivity index (χ2v) is 7.88. The smallest absolute Gasteiger partial charge is 0.229 e. The predicted molar refractivity (Wildman–Crippen MR) is 121 cm³/mol. The second kappa shape index (κ2) is 9.83. The van der Waals surface area contributed by atoms with E-state index in [1.165, 1.54) is 0 Å². The SMILES string of the molecule is CCCOc1ccc(N2C[C@H](C(=O)Nc3ccc(N4CCOCC4)cc3)CC2=O)cc1. The summed E-state index contributed by atoms with van der Waals surface area (Å²) in [6.45, 7) is 6.32. The average Bonchev–Trinajstić information content (AvgIpc) is 3.21. The molecule has 2 fully saturated rings. The number of hydrogen-bond acceptors (Lipinski definition) is 5. The van der Waals surface area contributed by atoms with E-state index in [-0.39, 0.29) is 24.2 Å². The van der Waals surface area contributed by atoms with E-state index in [9.17, 15) is 9.59 Å². The zero-order valence-corrected chi connectivity index (χ0v) is 17.9. The quantitative estimate of drug-likeness (QED) is 0.740. The number of nitrogens with zero attached hydrogens (tertiary/aromatic N) is 2. The summed E-state index contributed by atoms with van der Waals surface area (Å²) in [5.41, 5.74) is 2.65. The zero-order valence-electron chi connectivity index (χ0n) is 17.9. The van der Waals surface area contributed by atoms with Crippen LogP contribution in [0.4, 0.5) is 17.1 Å². The van der Waals surface area contributed by atoms with Crippen LogP contribution in [0.5, 0.6) is 5.75 Å². The van der Waals surface area contributed by atoms with E-state index < -0.39 is 0 Å². The summed E-state index contributed by atoms with van der Waals surface area (Å²) in [6, 6.07) is 15.3. The van der Waals surface area contributed by atoms with Gasteiger partial charge in [0.25, 0.3) is 0 Å². The summed E-state index contributed by atoms with van der Waals surface area (Å²) in [5.74, 6) is 0.248. The molecule has 4 rings (SSSR count). The lowest BCUT2D eigenvalue weighted by Gasteiger charge is -2.28. The van der Waals surface area contributed by atoms with Crippen LogP contribution in [0, 0.1) is 5.92 Å². The molecule has 2 amide bonds. The monoisotopic (exact) mass is 423 g/mol. The van der Waals surface area contributed by atoms with Crippen LogP contribution >= 0.6 is 0 Å². The first-order valence-corrected chi connectivity index (χ1v) is 10.9. The highest BCUT2D eigenvalue weighted by atomic mass is 16.5. The van der Waals surface area contributed by atoms with Gasteiger partial charge in [-0.3, -0.25) is 9.59 Å². The molecule has 0 aromatic heterocycles. The molecule has 0 aliphatic carbocycles. The van der Waals surface area contributed by atoms with E-state index in [0.717, 1.165) is 55.5 Å². The van der Waals surface area contributed by atoms with E-state index in [0.29, 0.717) is 13.2 Å². The first-order chi connectivity index (χ1) is 15.1. The minimum Gasteiger partial charge on any atom is -0.494 e. The zero-order chi connectivity index (χ0) is 21.6. The van der Waals surface area contributed by atoms with Crippen LogP contribution in [0.1, 0.15) is 19.8 Å². The molecule has 31 heavy (non-hydrogen) atoms. The highest BCUT2D eigenvalue weighted by Crippen LogP contribution is 2.28. The second-order valence-electron chi connectivity index (χ2n) is 7.88. The fraction of sp³-hybridized carbons (Fsp3) is 0.417. The van der Waals surface area contributed by atoms with Gasteiger partial charge in [-0.15, -0.1) is 0 Å². The van der Waals surface area contributed by atoms with Crippen LogP contribution < -0.4 is 19.9 Å². The Hall–Kier alpha value is -3.06. The summed E-state index contributed by atoms with van der Waals surface area (Å²) >= 11 is 0. The van der Waals surface area contributed by atoms with E-state index in [1.807, 2.05) is 48.5 Å².